The summed E-state index contributed by atoms with van der Waals surface area (Å²) < 4.78 is 5.38. The molecule has 0 spiro atoms. The van der Waals surface area contributed by atoms with E-state index in [4.69, 9.17) is 10.2 Å². The molecule has 1 heterocycles. The molecule has 2 N–H and O–H groups in total. The highest BCUT2D eigenvalue weighted by Crippen LogP contribution is 2.28. The number of nitrogen functional groups attached to an aromatic ring is 1. The quantitative estimate of drug-likeness (QED) is 0.653. The standard InChI is InChI=1S/C19H26N2O/c1-21(12-3-2-7-17-8-5-13-22-17)16-10-11-18-15(14-16)6-4-9-19(18)20/h4-6,8-9,13,16H,2-3,7,10-12,14,20H2,1H3. The Morgan fingerprint density at radius 1 is 1.23 bits per heavy atom. The fraction of sp³-hybridized carbons (Fsp3) is 0.474. The molecule has 0 saturated carbocycles. The van der Waals surface area contributed by atoms with Crippen LogP contribution in [0, 0.1) is 0 Å². The van der Waals surface area contributed by atoms with Crippen LogP contribution in [0.5, 0.6) is 0 Å². The average Bonchev–Trinajstić information content (AvgIpc) is 3.04. The first kappa shape index (κ1) is 15.2. The number of hydrogen-bond acceptors (Lipinski definition) is 3. The molecule has 0 radical (unpaired) electrons. The van der Waals surface area contributed by atoms with E-state index in [1.54, 1.807) is 6.26 Å². The molecule has 0 aliphatic heterocycles. The molecular formula is C19H26N2O. The van der Waals surface area contributed by atoms with Crippen LogP contribution in [0.15, 0.2) is 41.0 Å². The van der Waals surface area contributed by atoms with Crippen LogP contribution in [0.25, 0.3) is 0 Å². The van der Waals surface area contributed by atoms with Gasteiger partial charge in [-0.25, -0.2) is 0 Å². The van der Waals surface area contributed by atoms with Crippen LogP contribution in [-0.2, 0) is 19.3 Å². The predicted molar refractivity (Wildman–Crippen MR) is 90.9 cm³/mol. The highest BCUT2D eigenvalue weighted by Gasteiger charge is 2.22. The highest BCUT2D eigenvalue weighted by molar-refractivity contribution is 5.52. The van der Waals surface area contributed by atoms with Gasteiger partial charge in [-0.05, 0) is 75.0 Å². The molecule has 1 aliphatic carbocycles. The zero-order chi connectivity index (χ0) is 15.4. The van der Waals surface area contributed by atoms with Crippen molar-refractivity contribution in [2.45, 2.75) is 44.6 Å². The fourth-order valence-electron chi connectivity index (χ4n) is 3.49. The van der Waals surface area contributed by atoms with E-state index in [1.807, 2.05) is 12.1 Å². The van der Waals surface area contributed by atoms with E-state index < -0.39 is 0 Å². The van der Waals surface area contributed by atoms with E-state index in [1.165, 1.54) is 30.4 Å². The minimum atomic E-state index is 0.651. The Morgan fingerprint density at radius 2 is 2.14 bits per heavy atom. The number of fused-ring (bicyclic) bond motifs is 1. The molecule has 1 atom stereocenters. The van der Waals surface area contributed by atoms with Gasteiger partial charge in [0, 0.05) is 18.2 Å². The van der Waals surface area contributed by atoms with Crippen molar-refractivity contribution in [2.75, 3.05) is 19.3 Å². The van der Waals surface area contributed by atoms with Gasteiger partial charge in [0.05, 0.1) is 6.26 Å². The smallest absolute Gasteiger partial charge is 0.103 e. The second-order valence-corrected chi connectivity index (χ2v) is 6.40. The van der Waals surface area contributed by atoms with E-state index in [9.17, 15) is 0 Å². The Hall–Kier alpha value is -1.74. The third-order valence-electron chi connectivity index (χ3n) is 4.88. The lowest BCUT2D eigenvalue weighted by Gasteiger charge is -2.33. The lowest BCUT2D eigenvalue weighted by molar-refractivity contribution is 0.218. The van der Waals surface area contributed by atoms with Crippen molar-refractivity contribution >= 4 is 5.69 Å². The number of rotatable bonds is 6. The van der Waals surface area contributed by atoms with E-state index in [0.29, 0.717) is 6.04 Å². The van der Waals surface area contributed by atoms with Gasteiger partial charge in [-0.15, -0.1) is 0 Å². The summed E-state index contributed by atoms with van der Waals surface area (Å²) in [6, 6.07) is 11.0. The minimum absolute atomic E-state index is 0.651. The molecular weight excluding hydrogens is 272 g/mol. The number of nitrogens with two attached hydrogens (primary N) is 1. The summed E-state index contributed by atoms with van der Waals surface area (Å²) in [5.74, 6) is 1.10. The topological polar surface area (TPSA) is 42.4 Å². The molecule has 3 heteroatoms. The summed E-state index contributed by atoms with van der Waals surface area (Å²) in [5.41, 5.74) is 9.88. The molecule has 1 aromatic heterocycles. The van der Waals surface area contributed by atoms with Gasteiger partial charge in [0.1, 0.15) is 5.76 Å². The Bertz CT molecular complexity index is 591. The minimum Gasteiger partial charge on any atom is -0.469 e. The second kappa shape index (κ2) is 7.01. The Kier molecular flexibility index (Phi) is 4.84. The molecule has 3 rings (SSSR count). The molecule has 2 aromatic rings. The van der Waals surface area contributed by atoms with Gasteiger partial charge in [-0.3, -0.25) is 0 Å². The van der Waals surface area contributed by atoms with Gasteiger partial charge in [0.25, 0.3) is 0 Å². The molecule has 22 heavy (non-hydrogen) atoms. The van der Waals surface area contributed by atoms with Crippen molar-refractivity contribution in [3.8, 4) is 0 Å². The van der Waals surface area contributed by atoms with Crippen molar-refractivity contribution in [3.63, 3.8) is 0 Å². The van der Waals surface area contributed by atoms with Crippen molar-refractivity contribution < 1.29 is 4.42 Å². The summed E-state index contributed by atoms with van der Waals surface area (Å²) in [4.78, 5) is 2.52. The molecule has 0 fully saturated rings. The predicted octanol–water partition coefficient (Wildman–Crippen LogP) is 3.67. The summed E-state index contributed by atoms with van der Waals surface area (Å²) in [6.07, 6.45) is 8.68. The number of nitrogens with zero attached hydrogens (tertiary/aromatic N) is 1. The van der Waals surface area contributed by atoms with Crippen molar-refractivity contribution in [1.29, 1.82) is 0 Å². The molecule has 1 aromatic carbocycles. The van der Waals surface area contributed by atoms with Crippen LogP contribution in [0.2, 0.25) is 0 Å². The maximum absolute atomic E-state index is 6.09. The van der Waals surface area contributed by atoms with Crippen molar-refractivity contribution in [1.82, 2.24) is 4.90 Å². The van der Waals surface area contributed by atoms with Crippen LogP contribution >= 0.6 is 0 Å². The lowest BCUT2D eigenvalue weighted by atomic mass is 9.86. The van der Waals surface area contributed by atoms with Gasteiger partial charge in [0.15, 0.2) is 0 Å². The summed E-state index contributed by atoms with van der Waals surface area (Å²) >= 11 is 0. The third kappa shape index (κ3) is 3.53. The number of likely N-dealkylation sites (N-methyl/N-ethyl adjacent to an activating group) is 1. The van der Waals surface area contributed by atoms with Crippen molar-refractivity contribution in [3.05, 3.63) is 53.5 Å². The number of hydrogen-bond donors (Lipinski definition) is 1. The second-order valence-electron chi connectivity index (χ2n) is 6.40. The van der Waals surface area contributed by atoms with Crippen molar-refractivity contribution in [2.24, 2.45) is 0 Å². The van der Waals surface area contributed by atoms with Crippen LogP contribution in [0.4, 0.5) is 5.69 Å². The van der Waals surface area contributed by atoms with Crippen LogP contribution in [0.1, 0.15) is 36.1 Å². The molecule has 1 unspecified atom stereocenters. The number of aryl methyl sites for hydroxylation is 1. The van der Waals surface area contributed by atoms with Gasteiger partial charge >= 0.3 is 0 Å². The van der Waals surface area contributed by atoms with Gasteiger partial charge < -0.3 is 15.1 Å². The van der Waals surface area contributed by atoms with Gasteiger partial charge in [-0.2, -0.15) is 0 Å². The molecule has 0 saturated heterocycles. The number of anilines is 1. The van der Waals surface area contributed by atoms with E-state index in [-0.39, 0.29) is 0 Å². The van der Waals surface area contributed by atoms with E-state index >= 15 is 0 Å². The monoisotopic (exact) mass is 298 g/mol. The molecule has 118 valence electrons. The van der Waals surface area contributed by atoms with Crippen LogP contribution in [0.3, 0.4) is 0 Å². The zero-order valence-corrected chi connectivity index (χ0v) is 13.4. The first-order valence-electron chi connectivity index (χ1n) is 8.33. The molecule has 0 bridgehead atoms. The van der Waals surface area contributed by atoms with Crippen LogP contribution < -0.4 is 5.73 Å². The summed E-state index contributed by atoms with van der Waals surface area (Å²) in [7, 11) is 2.26. The first-order chi connectivity index (χ1) is 10.7. The maximum atomic E-state index is 6.09. The maximum Gasteiger partial charge on any atom is 0.103 e. The number of furan rings is 1. The lowest BCUT2D eigenvalue weighted by Crippen LogP contribution is -2.37. The number of unbranched alkanes of at least 4 members (excludes halogenated alkanes) is 1. The van der Waals surface area contributed by atoms with Gasteiger partial charge in [-0.1, -0.05) is 12.1 Å². The zero-order valence-electron chi connectivity index (χ0n) is 13.4. The summed E-state index contributed by atoms with van der Waals surface area (Å²) in [5, 5.41) is 0. The van der Waals surface area contributed by atoms with Gasteiger partial charge in [0.2, 0.25) is 0 Å². The Labute approximate surface area is 133 Å². The first-order valence-corrected chi connectivity index (χ1v) is 8.33. The molecule has 0 amide bonds. The SMILES string of the molecule is CN(CCCCc1ccco1)C1CCc2c(N)cccc2C1. The third-order valence-corrected chi connectivity index (χ3v) is 4.88. The molecule has 3 nitrogen and oxygen atoms in total. The highest BCUT2D eigenvalue weighted by atomic mass is 16.3. The molecule has 1 aliphatic rings. The largest absolute Gasteiger partial charge is 0.469 e. The fourth-order valence-corrected chi connectivity index (χ4v) is 3.49. The van der Waals surface area contributed by atoms with Crippen LogP contribution in [-0.4, -0.2) is 24.5 Å². The normalized spacial score (nSPS) is 17.6. The Morgan fingerprint density at radius 3 is 2.95 bits per heavy atom. The van der Waals surface area contributed by atoms with E-state index in [0.717, 1.165) is 37.3 Å². The number of benzene rings is 1. The summed E-state index contributed by atoms with van der Waals surface area (Å²) in [6.45, 7) is 1.16. The average molecular weight is 298 g/mol. The van der Waals surface area contributed by atoms with E-state index in [2.05, 4.69) is 30.1 Å². The Balaban J connectivity index is 1.46.